The molecule has 2 heterocycles. The third-order valence-electron chi connectivity index (χ3n) is 5.21. The summed E-state index contributed by atoms with van der Waals surface area (Å²) in [4.78, 5) is 7.20. The molecule has 0 bridgehead atoms. The summed E-state index contributed by atoms with van der Waals surface area (Å²) in [7, 11) is 3.68. The summed E-state index contributed by atoms with van der Waals surface area (Å²) in [6.07, 6.45) is 1.10. The molecular weight excluding hydrogens is 495 g/mol. The van der Waals surface area contributed by atoms with Gasteiger partial charge >= 0.3 is 0 Å². The van der Waals surface area contributed by atoms with Crippen LogP contribution in [0.15, 0.2) is 35.3 Å². The van der Waals surface area contributed by atoms with Crippen LogP contribution in [0, 0.1) is 12.8 Å². The molecule has 0 aliphatic carbocycles. The monoisotopic (exact) mass is 528 g/mol. The Labute approximate surface area is 196 Å². The Morgan fingerprint density at radius 3 is 2.73 bits per heavy atom. The van der Waals surface area contributed by atoms with Crippen molar-refractivity contribution in [2.75, 3.05) is 40.0 Å². The highest BCUT2D eigenvalue weighted by atomic mass is 127. The van der Waals surface area contributed by atoms with Crippen LogP contribution in [0.3, 0.4) is 0 Å². The maximum atomic E-state index is 5.73. The van der Waals surface area contributed by atoms with E-state index in [0.717, 1.165) is 43.7 Å². The van der Waals surface area contributed by atoms with Crippen molar-refractivity contribution in [2.45, 2.75) is 26.4 Å². The number of hydrogen-bond acceptors (Lipinski definition) is 5. The second kappa shape index (κ2) is 12.9. The first-order valence-electron chi connectivity index (χ1n) is 10.2. The molecule has 1 aromatic carbocycles. The van der Waals surface area contributed by atoms with Crippen LogP contribution in [0.5, 0.6) is 0 Å². The van der Waals surface area contributed by atoms with E-state index in [9.17, 15) is 0 Å². The fourth-order valence-electron chi connectivity index (χ4n) is 3.33. The molecule has 1 aliphatic heterocycles. The smallest absolute Gasteiger partial charge is 0.194 e. The highest BCUT2D eigenvalue weighted by molar-refractivity contribution is 14.0. The highest BCUT2D eigenvalue weighted by Gasteiger charge is 2.25. The molecule has 166 valence electrons. The maximum Gasteiger partial charge on any atom is 0.194 e. The summed E-state index contributed by atoms with van der Waals surface area (Å²) in [5, 5.41) is 11.9. The second-order valence-corrected chi connectivity index (χ2v) is 7.37. The van der Waals surface area contributed by atoms with E-state index in [0.29, 0.717) is 32.2 Å². The molecule has 1 aliphatic rings. The van der Waals surface area contributed by atoms with Gasteiger partial charge in [0.15, 0.2) is 11.8 Å². The molecule has 3 rings (SSSR count). The van der Waals surface area contributed by atoms with E-state index in [-0.39, 0.29) is 24.0 Å². The quantitative estimate of drug-likeness (QED) is 0.233. The predicted molar refractivity (Wildman–Crippen MR) is 128 cm³/mol. The third kappa shape index (κ3) is 7.21. The number of nitrogens with one attached hydrogen (secondary N) is 1. The number of nitrogens with zero attached hydrogens (tertiary/aromatic N) is 5. The van der Waals surface area contributed by atoms with Crippen molar-refractivity contribution in [1.29, 1.82) is 0 Å². The number of rotatable bonds is 9. The lowest BCUT2D eigenvalue weighted by atomic mass is 10.1. The van der Waals surface area contributed by atoms with Crippen LogP contribution in [-0.4, -0.2) is 65.6 Å². The van der Waals surface area contributed by atoms with Crippen molar-refractivity contribution in [3.05, 3.63) is 47.5 Å². The average Bonchev–Trinajstić information content (AvgIpc) is 3.34. The van der Waals surface area contributed by atoms with E-state index in [1.165, 1.54) is 5.56 Å². The Morgan fingerprint density at radius 1 is 1.23 bits per heavy atom. The van der Waals surface area contributed by atoms with Crippen LogP contribution in [0.1, 0.15) is 23.6 Å². The minimum absolute atomic E-state index is 0. The summed E-state index contributed by atoms with van der Waals surface area (Å²) in [5.41, 5.74) is 1.19. The summed E-state index contributed by atoms with van der Waals surface area (Å²) in [5.74, 6) is 3.22. The average molecular weight is 528 g/mol. The van der Waals surface area contributed by atoms with Gasteiger partial charge in [0.05, 0.1) is 32.9 Å². The number of benzene rings is 1. The van der Waals surface area contributed by atoms with E-state index in [2.05, 4.69) is 32.5 Å². The fourth-order valence-corrected chi connectivity index (χ4v) is 3.33. The number of ether oxygens (including phenoxy) is 2. The molecule has 1 unspecified atom stereocenters. The van der Waals surface area contributed by atoms with Gasteiger partial charge in [-0.2, -0.15) is 0 Å². The molecule has 0 radical (unpaired) electrons. The van der Waals surface area contributed by atoms with E-state index < -0.39 is 0 Å². The van der Waals surface area contributed by atoms with Gasteiger partial charge in [-0.15, -0.1) is 34.2 Å². The zero-order valence-electron chi connectivity index (χ0n) is 18.1. The normalized spacial score (nSPS) is 16.6. The lowest BCUT2D eigenvalue weighted by Gasteiger charge is -2.22. The van der Waals surface area contributed by atoms with Crippen molar-refractivity contribution in [1.82, 2.24) is 25.0 Å². The molecule has 8 nitrogen and oxygen atoms in total. The predicted octanol–water partition coefficient (Wildman–Crippen LogP) is 2.37. The van der Waals surface area contributed by atoms with Crippen LogP contribution in [-0.2, 0) is 29.6 Å². The molecule has 1 N–H and O–H groups in total. The minimum atomic E-state index is 0. The number of methoxy groups -OCH3 is 1. The molecule has 1 aromatic heterocycles. The summed E-state index contributed by atoms with van der Waals surface area (Å²) < 4.78 is 12.8. The summed E-state index contributed by atoms with van der Waals surface area (Å²) >= 11 is 0. The van der Waals surface area contributed by atoms with Gasteiger partial charge in [0.1, 0.15) is 5.82 Å². The van der Waals surface area contributed by atoms with Gasteiger partial charge < -0.3 is 24.3 Å². The third-order valence-corrected chi connectivity index (χ3v) is 5.21. The van der Waals surface area contributed by atoms with Crippen LogP contribution >= 0.6 is 24.0 Å². The van der Waals surface area contributed by atoms with Gasteiger partial charge in [0.2, 0.25) is 0 Å². The maximum absolute atomic E-state index is 5.73. The van der Waals surface area contributed by atoms with Gasteiger partial charge in [0, 0.05) is 33.2 Å². The Hall–Kier alpha value is -1.72. The van der Waals surface area contributed by atoms with Crippen LogP contribution in [0.4, 0.5) is 0 Å². The molecule has 1 fully saturated rings. The number of aliphatic imine (C=N–C) groups is 1. The van der Waals surface area contributed by atoms with Crippen LogP contribution in [0.25, 0.3) is 0 Å². The Balaban J connectivity index is 0.00000320. The largest absolute Gasteiger partial charge is 0.382 e. The van der Waals surface area contributed by atoms with Crippen molar-refractivity contribution < 1.29 is 9.47 Å². The summed E-state index contributed by atoms with van der Waals surface area (Å²) in [6, 6.07) is 10.3. The summed E-state index contributed by atoms with van der Waals surface area (Å²) in [6.45, 7) is 7.14. The molecular formula is C21H33IN6O2. The highest BCUT2D eigenvalue weighted by Crippen LogP contribution is 2.17. The van der Waals surface area contributed by atoms with Gasteiger partial charge in [-0.05, 0) is 18.9 Å². The van der Waals surface area contributed by atoms with Gasteiger partial charge in [-0.1, -0.05) is 30.3 Å². The van der Waals surface area contributed by atoms with Gasteiger partial charge in [-0.3, -0.25) is 0 Å². The Morgan fingerprint density at radius 2 is 2.03 bits per heavy atom. The van der Waals surface area contributed by atoms with Crippen LogP contribution in [0.2, 0.25) is 0 Å². The molecule has 30 heavy (non-hydrogen) atoms. The second-order valence-electron chi connectivity index (χ2n) is 7.37. The number of guanidine groups is 1. The first-order chi connectivity index (χ1) is 14.2. The zero-order valence-corrected chi connectivity index (χ0v) is 20.4. The van der Waals surface area contributed by atoms with Crippen LogP contribution < -0.4 is 5.32 Å². The van der Waals surface area contributed by atoms with Gasteiger partial charge in [-0.25, -0.2) is 4.99 Å². The van der Waals surface area contributed by atoms with Crippen molar-refractivity contribution >= 4 is 29.9 Å². The van der Waals surface area contributed by atoms with E-state index >= 15 is 0 Å². The first kappa shape index (κ1) is 24.5. The molecule has 0 saturated carbocycles. The zero-order chi connectivity index (χ0) is 20.5. The molecule has 2 aromatic rings. The Bertz CT molecular complexity index is 783. The number of likely N-dealkylation sites (tertiary alicyclic amines) is 1. The number of aromatic nitrogens is 3. The lowest BCUT2D eigenvalue weighted by molar-refractivity contribution is 0.0536. The molecule has 9 heteroatoms. The topological polar surface area (TPSA) is 76.8 Å². The number of halogens is 1. The van der Waals surface area contributed by atoms with Crippen molar-refractivity contribution in [2.24, 2.45) is 18.0 Å². The molecule has 1 saturated heterocycles. The number of hydrogen-bond donors (Lipinski definition) is 1. The van der Waals surface area contributed by atoms with E-state index in [4.69, 9.17) is 14.5 Å². The molecule has 0 spiro atoms. The fraction of sp³-hybridized carbons (Fsp3) is 0.571. The van der Waals surface area contributed by atoms with Gasteiger partial charge in [0.25, 0.3) is 0 Å². The molecule has 0 amide bonds. The van der Waals surface area contributed by atoms with Crippen molar-refractivity contribution in [3.8, 4) is 0 Å². The molecule has 1 atom stereocenters. The van der Waals surface area contributed by atoms with E-state index in [1.54, 1.807) is 7.11 Å². The van der Waals surface area contributed by atoms with Crippen molar-refractivity contribution in [3.63, 3.8) is 0 Å². The Kier molecular flexibility index (Phi) is 10.5. The first-order valence-corrected chi connectivity index (χ1v) is 10.2. The van der Waals surface area contributed by atoms with E-state index in [1.807, 2.05) is 36.7 Å². The SMILES string of the molecule is COCCOCC1CCN(C(=NCc2ccccc2)NCc2nnc(C)n2C)C1.I. The number of aryl methyl sites for hydroxylation is 1. The standard InChI is InChI=1S/C21H32N6O2.HI/c1-17-24-25-20(26(17)2)14-23-21(22-13-18-7-5-4-6-8-18)27-10-9-19(15-27)16-29-12-11-28-3;/h4-8,19H,9-16H2,1-3H3,(H,22,23);1H. The lowest BCUT2D eigenvalue weighted by Crippen LogP contribution is -2.40. The minimum Gasteiger partial charge on any atom is -0.382 e.